The number of carbonyl (C=O) groups excluding carboxylic acids is 2. The van der Waals surface area contributed by atoms with E-state index in [-0.39, 0.29) is 6.42 Å². The average Bonchev–Trinajstić information content (AvgIpc) is 3.37. The molecule has 10 heteroatoms. The van der Waals surface area contributed by atoms with Gasteiger partial charge in [-0.3, -0.25) is 9.69 Å². The maximum Gasteiger partial charge on any atom is 0.416 e. The van der Waals surface area contributed by atoms with E-state index < -0.39 is 35.3 Å². The maximum absolute atomic E-state index is 14.0. The third kappa shape index (κ3) is 7.13. The predicted molar refractivity (Wildman–Crippen MR) is 158 cm³/mol. The van der Waals surface area contributed by atoms with Crippen LogP contribution in [0.1, 0.15) is 56.5 Å². The van der Waals surface area contributed by atoms with Gasteiger partial charge >= 0.3 is 12.1 Å². The molecule has 226 valence electrons. The highest BCUT2D eigenvalue weighted by Crippen LogP contribution is 2.31. The van der Waals surface area contributed by atoms with Crippen molar-refractivity contribution in [1.29, 1.82) is 0 Å². The van der Waals surface area contributed by atoms with Gasteiger partial charge in [0.2, 0.25) is 0 Å². The first-order chi connectivity index (χ1) is 20.5. The highest BCUT2D eigenvalue weighted by Gasteiger charge is 2.28. The fourth-order valence-corrected chi connectivity index (χ4v) is 5.28. The first kappa shape index (κ1) is 30.0. The van der Waals surface area contributed by atoms with Gasteiger partial charge in [-0.05, 0) is 87.2 Å². The van der Waals surface area contributed by atoms with Crippen LogP contribution in [0.2, 0.25) is 0 Å². The summed E-state index contributed by atoms with van der Waals surface area (Å²) in [5.74, 6) is -0.659. The van der Waals surface area contributed by atoms with Crippen LogP contribution < -0.4 is 9.64 Å². The van der Waals surface area contributed by atoms with Crippen LogP contribution in [0.15, 0.2) is 60.8 Å². The first-order valence-corrected chi connectivity index (χ1v) is 14.3. The number of anilines is 1. The minimum Gasteiger partial charge on any atom is -0.493 e. The molecule has 1 aliphatic rings. The Kier molecular flexibility index (Phi) is 8.66. The topological polar surface area (TPSA) is 82.9 Å². The summed E-state index contributed by atoms with van der Waals surface area (Å²) in [6.07, 6.45) is 3.51. The first-order valence-electron chi connectivity index (χ1n) is 14.3. The summed E-state index contributed by atoms with van der Waals surface area (Å²) in [6, 6.07) is 13.9. The third-order valence-electron chi connectivity index (χ3n) is 7.22. The number of hydrogen-bond donors (Lipinski definition) is 0. The summed E-state index contributed by atoms with van der Waals surface area (Å²) in [7, 11) is 1.28. The van der Waals surface area contributed by atoms with Crippen LogP contribution in [0.5, 0.6) is 5.75 Å². The summed E-state index contributed by atoms with van der Waals surface area (Å²) >= 11 is 0. The zero-order valence-corrected chi connectivity index (χ0v) is 24.7. The monoisotopic (exact) mass is 591 g/mol. The lowest BCUT2D eigenvalue weighted by Crippen LogP contribution is -2.40. The number of methoxy groups -OCH3 is 1. The van der Waals surface area contributed by atoms with Crippen molar-refractivity contribution in [3.8, 4) is 5.75 Å². The zero-order valence-electron chi connectivity index (χ0n) is 24.7. The van der Waals surface area contributed by atoms with Gasteiger partial charge in [-0.1, -0.05) is 6.07 Å². The predicted octanol–water partition coefficient (Wildman–Crippen LogP) is 6.78. The fourth-order valence-electron chi connectivity index (χ4n) is 5.28. The Hall–Kier alpha value is -4.47. The van der Waals surface area contributed by atoms with E-state index in [0.29, 0.717) is 36.7 Å². The number of esters is 1. The molecule has 1 aliphatic heterocycles. The van der Waals surface area contributed by atoms with Crippen molar-refractivity contribution in [2.24, 2.45) is 0 Å². The largest absolute Gasteiger partial charge is 0.493 e. The molecule has 1 atom stereocenters. The molecular weight excluding hydrogens is 556 g/mol. The second-order valence-electron chi connectivity index (χ2n) is 11.6. The van der Waals surface area contributed by atoms with E-state index in [2.05, 4.69) is 0 Å². The molecule has 1 unspecified atom stereocenters. The van der Waals surface area contributed by atoms with Crippen molar-refractivity contribution in [2.45, 2.75) is 58.1 Å². The van der Waals surface area contributed by atoms with Gasteiger partial charge in [-0.15, -0.1) is 0 Å². The molecule has 0 aliphatic carbocycles. The molecule has 4 aromatic rings. The van der Waals surface area contributed by atoms with Crippen molar-refractivity contribution < 1.29 is 32.6 Å². The molecule has 8 nitrogen and oxygen atoms in total. The van der Waals surface area contributed by atoms with Crippen LogP contribution in [-0.4, -0.2) is 47.5 Å². The highest BCUT2D eigenvalue weighted by molar-refractivity contribution is 5.88. The lowest BCUT2D eigenvalue weighted by atomic mass is 10.0. The molecule has 43 heavy (non-hydrogen) atoms. The van der Waals surface area contributed by atoms with Crippen molar-refractivity contribution >= 4 is 28.8 Å². The van der Waals surface area contributed by atoms with Gasteiger partial charge in [-0.25, -0.2) is 18.6 Å². The Balaban J connectivity index is 1.30. The molecule has 2 aromatic heterocycles. The summed E-state index contributed by atoms with van der Waals surface area (Å²) in [4.78, 5) is 31.4. The normalized spacial score (nSPS) is 13.9. The van der Waals surface area contributed by atoms with Crippen LogP contribution in [0.25, 0.3) is 10.9 Å². The maximum atomic E-state index is 14.0. The summed E-state index contributed by atoms with van der Waals surface area (Å²) in [5, 5.41) is 0.837. The molecule has 1 amide bonds. The molecule has 5 rings (SSSR count). The Morgan fingerprint density at radius 3 is 2.51 bits per heavy atom. The third-order valence-corrected chi connectivity index (χ3v) is 7.22. The molecule has 0 bridgehead atoms. The van der Waals surface area contributed by atoms with Crippen molar-refractivity contribution in [3.63, 3.8) is 0 Å². The smallest absolute Gasteiger partial charge is 0.416 e. The standard InChI is InChI=1S/C33H35F2N3O5/c1-33(2,3)43-32(40)38-13-5-6-21-7-8-26(36-31(21)38)12-15-42-27-9-10-28-22(18-27)11-14-37(28)29(20-30(39)41-4)23-16-24(34)19-25(35)17-23/h7-11,14,16-19,29H,5-6,12-13,15,20H2,1-4H3. The number of aromatic nitrogens is 2. The number of ether oxygens (including phenoxy) is 3. The average molecular weight is 592 g/mol. The Labute approximate surface area is 249 Å². The van der Waals surface area contributed by atoms with Gasteiger partial charge in [0, 0.05) is 41.8 Å². The number of hydrogen-bond acceptors (Lipinski definition) is 6. The summed E-state index contributed by atoms with van der Waals surface area (Å²) < 4.78 is 46.4. The number of nitrogens with zero attached hydrogens (tertiary/aromatic N) is 3. The van der Waals surface area contributed by atoms with E-state index in [0.717, 1.165) is 41.1 Å². The number of fused-ring (bicyclic) bond motifs is 2. The van der Waals surface area contributed by atoms with Crippen LogP contribution >= 0.6 is 0 Å². The van der Waals surface area contributed by atoms with E-state index in [9.17, 15) is 18.4 Å². The summed E-state index contributed by atoms with van der Waals surface area (Å²) in [5.41, 5.74) is 2.31. The molecule has 0 spiro atoms. The molecular formula is C33H35F2N3O5. The van der Waals surface area contributed by atoms with E-state index in [1.165, 1.54) is 19.2 Å². The highest BCUT2D eigenvalue weighted by atomic mass is 19.1. The van der Waals surface area contributed by atoms with Crippen LogP contribution in [0.4, 0.5) is 19.4 Å². The number of benzene rings is 2. The van der Waals surface area contributed by atoms with Crippen molar-refractivity contribution in [1.82, 2.24) is 9.55 Å². The van der Waals surface area contributed by atoms with Gasteiger partial charge in [-0.2, -0.15) is 0 Å². The number of carbonyl (C=O) groups is 2. The van der Waals surface area contributed by atoms with E-state index in [1.807, 2.05) is 57.2 Å². The van der Waals surface area contributed by atoms with Gasteiger partial charge in [0.05, 0.1) is 26.2 Å². The van der Waals surface area contributed by atoms with Gasteiger partial charge in [0.25, 0.3) is 0 Å². The number of pyridine rings is 1. The molecule has 0 N–H and O–H groups in total. The van der Waals surface area contributed by atoms with Crippen molar-refractivity contribution in [3.05, 3.63) is 89.2 Å². The lowest BCUT2D eigenvalue weighted by Gasteiger charge is -2.31. The van der Waals surface area contributed by atoms with Crippen LogP contribution in [0.3, 0.4) is 0 Å². The zero-order chi connectivity index (χ0) is 30.7. The quantitative estimate of drug-likeness (QED) is 0.210. The van der Waals surface area contributed by atoms with Crippen LogP contribution in [-0.2, 0) is 27.1 Å². The number of amides is 1. The second-order valence-corrected chi connectivity index (χ2v) is 11.6. The second kappa shape index (κ2) is 12.4. The minimum atomic E-state index is -0.719. The molecule has 3 heterocycles. The Morgan fingerprint density at radius 2 is 1.79 bits per heavy atom. The summed E-state index contributed by atoms with van der Waals surface area (Å²) in [6.45, 7) is 6.45. The van der Waals surface area contributed by atoms with Crippen LogP contribution in [0, 0.1) is 11.6 Å². The number of aryl methyl sites for hydroxylation is 1. The molecule has 2 aromatic carbocycles. The van der Waals surface area contributed by atoms with E-state index in [4.69, 9.17) is 19.2 Å². The Morgan fingerprint density at radius 1 is 1.02 bits per heavy atom. The number of rotatable bonds is 8. The van der Waals surface area contributed by atoms with Gasteiger partial charge in [0.15, 0.2) is 0 Å². The molecule has 0 saturated heterocycles. The number of halogens is 2. The SMILES string of the molecule is COC(=O)CC(c1cc(F)cc(F)c1)n1ccc2cc(OCCc3ccc4c(n3)N(C(=O)OC(C)(C)C)CCC4)ccc21. The Bertz CT molecular complexity index is 1630. The van der Waals surface area contributed by atoms with Gasteiger partial charge in [0.1, 0.15) is 28.8 Å². The molecule has 0 fully saturated rings. The fraction of sp³-hybridized carbons (Fsp3) is 0.364. The van der Waals surface area contributed by atoms with E-state index >= 15 is 0 Å². The van der Waals surface area contributed by atoms with Crippen molar-refractivity contribution in [2.75, 3.05) is 25.2 Å². The van der Waals surface area contributed by atoms with Gasteiger partial charge < -0.3 is 18.8 Å². The lowest BCUT2D eigenvalue weighted by molar-refractivity contribution is -0.141. The molecule has 0 radical (unpaired) electrons. The molecule has 0 saturated carbocycles. The van der Waals surface area contributed by atoms with E-state index in [1.54, 1.807) is 15.7 Å². The minimum absolute atomic E-state index is 0.0967.